The van der Waals surface area contributed by atoms with Crippen LogP contribution in [-0.2, 0) is 10.2 Å². The first-order chi connectivity index (χ1) is 3.25. The molecule has 0 aliphatic carbocycles. The molecule has 0 heterocycles. The Morgan fingerprint density at radius 2 is 1.22 bits per heavy atom. The molecule has 0 saturated heterocycles. The quantitative estimate of drug-likeness (QED) is 0.523. The summed E-state index contributed by atoms with van der Waals surface area (Å²) in [5.74, 6) is 0. The maximum atomic E-state index is 9.41. The predicted molar refractivity (Wildman–Crippen MR) is 13.6 cm³/mol. The standard InChI is InChI=1S/La.HO3S.3O.Yb/c;1-4(2)3;;;;/h;(H,1,2,3);;;;. The van der Waals surface area contributed by atoms with Gasteiger partial charge in [-0.1, -0.05) is 0 Å². The summed E-state index contributed by atoms with van der Waals surface area (Å²) < 4.78 is 54.5. The molecule has 0 aliphatic rings. The minimum absolute atomic E-state index is 0. The Bertz CT molecular complexity index is 296. The van der Waals surface area contributed by atoms with Gasteiger partial charge in [0, 0.05) is 46.9 Å². The average molecular weight is 441 g/mol. The molecule has 60 valence electrons. The van der Waals surface area contributed by atoms with Crippen LogP contribution < -0.4 is 0 Å². The molecule has 0 amide bonds. The smallest absolute Gasteiger partial charge is 0 e. The molecule has 0 aliphatic heterocycles. The van der Waals surface area contributed by atoms with Gasteiger partial charge in [0.25, 0.3) is 0 Å². The van der Waals surface area contributed by atoms with Crippen LogP contribution in [0.2, 0.25) is 0 Å². The molecule has 1 N–H and O–H groups in total. The topological polar surface area (TPSA) is 106 Å². The fraction of sp³-hybridized carbons (Fsp3) is 0. The van der Waals surface area contributed by atoms with E-state index in [0.717, 1.165) is 0 Å². The molecule has 0 bridgehead atoms. The van der Waals surface area contributed by atoms with Gasteiger partial charge in [-0.2, -0.15) is 0 Å². The van der Waals surface area contributed by atoms with Crippen LogP contribution in [0.15, 0.2) is 0 Å². The van der Waals surface area contributed by atoms with Gasteiger partial charge in [-0.25, -0.2) is 0 Å². The summed E-state index contributed by atoms with van der Waals surface area (Å²) in [4.78, 5) is 0. The van der Waals surface area contributed by atoms with Gasteiger partial charge in [0.1, 0.15) is 0 Å². The summed E-state index contributed by atoms with van der Waals surface area (Å²) in [6.45, 7) is 0. The van der Waals surface area contributed by atoms with Crippen LogP contribution in [0, 0.1) is 73.5 Å². The van der Waals surface area contributed by atoms with E-state index in [1.165, 1.54) is 0 Å². The molecule has 0 aromatic carbocycles. The molecule has 0 aromatic rings. The first-order valence-electron chi connectivity index (χ1n) is 1.46. The number of hydrogen-bond donors (Lipinski definition) is 1. The Morgan fingerprint density at radius 1 is 1.11 bits per heavy atom. The van der Waals surface area contributed by atoms with Crippen LogP contribution >= 0.6 is 0 Å². The van der Waals surface area contributed by atoms with E-state index in [1.807, 2.05) is 0 Å². The van der Waals surface area contributed by atoms with Gasteiger partial charge in [-0.15, -0.1) is 0 Å². The minimum atomic E-state index is -6.92. The summed E-state index contributed by atoms with van der Waals surface area (Å²) >= 11 is -6.92. The molecule has 0 saturated carbocycles. The third kappa shape index (κ3) is 5.31. The van der Waals surface area contributed by atoms with E-state index in [1.54, 1.807) is 0 Å². The Hall–Kier alpha value is 2.02. The summed E-state index contributed by atoms with van der Waals surface area (Å²) in [6, 6.07) is 0. The minimum Gasteiger partial charge on any atom is 0 e. The van der Waals surface area contributed by atoms with Crippen LogP contribution in [0.4, 0.5) is 0 Å². The van der Waals surface area contributed by atoms with Crippen LogP contribution in [0.1, 0.15) is 0 Å². The predicted octanol–water partition coefficient (Wildman–Crippen LogP) is -1.02. The zero-order valence-corrected chi connectivity index (χ0v) is 9.90. The monoisotopic (exact) mass is 442 g/mol. The van der Waals surface area contributed by atoms with Crippen molar-refractivity contribution in [3.8, 4) is 0 Å². The molecular weight excluding hydrogens is 440 g/mol. The Morgan fingerprint density at radius 3 is 1.22 bits per heavy atom. The maximum Gasteiger partial charge on any atom is 0 e. The Kier molecular flexibility index (Phi) is 6.27. The summed E-state index contributed by atoms with van der Waals surface area (Å²) in [5.41, 5.74) is 0. The largest absolute Gasteiger partial charge is 0 e. The van der Waals surface area contributed by atoms with E-state index in [2.05, 4.69) is 0 Å². The maximum absolute atomic E-state index is 9.41. The fourth-order valence-electron chi connectivity index (χ4n) is 0. The number of rotatable bonds is 1. The van der Waals surface area contributed by atoms with E-state index in [9.17, 15) is 13.5 Å². The molecule has 0 spiro atoms. The van der Waals surface area contributed by atoms with Crippen molar-refractivity contribution < 1.29 is 91.6 Å². The van der Waals surface area contributed by atoms with Crippen molar-refractivity contribution in [2.45, 2.75) is 0 Å². The van der Waals surface area contributed by atoms with E-state index in [4.69, 9.17) is 4.55 Å². The summed E-state index contributed by atoms with van der Waals surface area (Å²) in [6.07, 6.45) is 0. The molecule has 0 fully saturated rings. The van der Waals surface area contributed by atoms with Crippen molar-refractivity contribution in [1.82, 2.24) is 0 Å². The van der Waals surface area contributed by atoms with Crippen LogP contribution in [0.3, 0.4) is 0 Å². The summed E-state index contributed by atoms with van der Waals surface area (Å²) in [7, 11) is 0. The molecule has 9 heavy (non-hydrogen) atoms. The van der Waals surface area contributed by atoms with Gasteiger partial charge in [-0.05, 0) is 0 Å². The van der Waals surface area contributed by atoms with Crippen molar-refractivity contribution in [2.24, 2.45) is 0 Å². The van der Waals surface area contributed by atoms with Gasteiger partial charge < -0.3 is 0 Å². The number of hydrogen-bond acceptors (Lipinski definition) is 5. The van der Waals surface area contributed by atoms with E-state index >= 15 is 0 Å². The second kappa shape index (κ2) is 4.15. The fourth-order valence-corrected chi connectivity index (χ4v) is 0. The molecular formula is HLaO6SYb. The van der Waals surface area contributed by atoms with Gasteiger partial charge in [0.05, 0.1) is 0 Å². The van der Waals surface area contributed by atoms with Crippen LogP contribution in [-0.4, -0.2) is 13.0 Å². The molecule has 9 heteroatoms. The van der Waals surface area contributed by atoms with Gasteiger partial charge in [0.15, 0.2) is 0 Å². The molecule has 0 radical (unpaired) electrons. The summed E-state index contributed by atoms with van der Waals surface area (Å²) in [5, 5.41) is -5.28. The third-order valence-electron chi connectivity index (χ3n) is 0.365. The van der Waals surface area contributed by atoms with Gasteiger partial charge in [0.2, 0.25) is 0 Å². The van der Waals surface area contributed by atoms with Gasteiger partial charge >= 0.3 is 49.7 Å². The normalized spacial score (nSPS) is 8.56. The van der Waals surface area contributed by atoms with Crippen molar-refractivity contribution in [1.29, 1.82) is 0 Å². The first-order valence-corrected chi connectivity index (χ1v) is 11.8. The van der Waals surface area contributed by atoms with Crippen molar-refractivity contribution in [3.05, 3.63) is 0 Å². The SMILES string of the molecule is O=[S](=O)(O)[La](=[O])(=[O])=[O].[Yb]. The van der Waals surface area contributed by atoms with Gasteiger partial charge in [-0.3, -0.25) is 0 Å². The average Bonchev–Trinajstić information content (AvgIpc) is 1.25. The second-order valence-corrected chi connectivity index (χ2v) is 15.6. The molecule has 0 unspecified atom stereocenters. The Balaban J connectivity index is 0. The van der Waals surface area contributed by atoms with Crippen molar-refractivity contribution in [2.75, 3.05) is 0 Å². The van der Waals surface area contributed by atoms with Crippen LogP contribution in [0.5, 0.6) is 0 Å². The zero-order chi connectivity index (χ0) is 7.00. The first kappa shape index (κ1) is 13.6. The molecule has 0 atom stereocenters. The molecule has 0 aromatic heterocycles. The van der Waals surface area contributed by atoms with Crippen LogP contribution in [0.25, 0.3) is 0 Å². The van der Waals surface area contributed by atoms with E-state index in [-0.39, 0.29) is 46.9 Å². The second-order valence-electron chi connectivity index (χ2n) is 1.09. The van der Waals surface area contributed by atoms with E-state index < -0.39 is 31.7 Å². The van der Waals surface area contributed by atoms with Crippen molar-refractivity contribution >= 4 is 5.07 Å². The Labute approximate surface area is 94.1 Å². The van der Waals surface area contributed by atoms with E-state index in [0.29, 0.717) is 0 Å². The van der Waals surface area contributed by atoms with Crippen molar-refractivity contribution in [3.63, 3.8) is 0 Å². The zero-order valence-electron chi connectivity index (χ0n) is 3.74. The third-order valence-corrected chi connectivity index (χ3v) is 7.97. The molecule has 0 rings (SSSR count). The molecule has 6 nitrogen and oxygen atoms in total.